The van der Waals surface area contributed by atoms with Crippen LogP contribution in [-0.4, -0.2) is 114 Å². The number of methoxy groups -OCH3 is 2. The minimum Gasteiger partial charge on any atom is -0.493 e. The molecule has 0 radical (unpaired) electrons. The molecule has 4 aliphatic rings. The van der Waals surface area contributed by atoms with E-state index in [1.807, 2.05) is 0 Å². The summed E-state index contributed by atoms with van der Waals surface area (Å²) < 4.78 is 39.0. The van der Waals surface area contributed by atoms with Gasteiger partial charge in [0.25, 0.3) is 0 Å². The summed E-state index contributed by atoms with van der Waals surface area (Å²) in [6, 6.07) is 5.17. The van der Waals surface area contributed by atoms with Gasteiger partial charge in [0.15, 0.2) is 17.8 Å². The molecule has 13 heteroatoms. The third kappa shape index (κ3) is 4.89. The van der Waals surface area contributed by atoms with Crippen molar-refractivity contribution in [2.45, 2.75) is 54.8 Å². The third-order valence-corrected chi connectivity index (χ3v) is 7.67. The fourth-order valence-corrected chi connectivity index (χ4v) is 5.58. The van der Waals surface area contributed by atoms with Crippen molar-refractivity contribution in [1.29, 1.82) is 0 Å². The molecular weight excluding hydrogens is 520 g/mol. The molecule has 0 bridgehead atoms. The van der Waals surface area contributed by atoms with Gasteiger partial charge >= 0.3 is 5.97 Å². The van der Waals surface area contributed by atoms with Gasteiger partial charge in [-0.3, -0.25) is 0 Å². The summed E-state index contributed by atoms with van der Waals surface area (Å²) in [6.45, 7) is -1.04. The number of carbonyl (C=O) groups is 1. The van der Waals surface area contributed by atoms with E-state index < -0.39 is 85.8 Å². The number of hydrogen-bond acceptors (Lipinski definition) is 13. The van der Waals surface area contributed by atoms with E-state index in [1.165, 1.54) is 26.6 Å². The summed E-state index contributed by atoms with van der Waals surface area (Å²) in [4.78, 5) is 12.8. The topological polar surface area (TPSA) is 186 Å². The number of epoxide rings is 1. The van der Waals surface area contributed by atoms with Gasteiger partial charge in [0, 0.05) is 12.0 Å². The van der Waals surface area contributed by atoms with E-state index in [2.05, 4.69) is 0 Å². The Hall–Kier alpha value is -2.75. The summed E-state index contributed by atoms with van der Waals surface area (Å²) in [7, 11) is 3.03. The SMILES string of the molecule is COc1ccc(C=CC(=O)OC2C3O[C@]3(CO)[C@@H]3C(OC4OC(CO)C(O)C(O)C4O)OC=C[C@H]23)cc1OC. The molecule has 1 aromatic carbocycles. The lowest BCUT2D eigenvalue weighted by Crippen LogP contribution is -2.60. The molecule has 1 aliphatic carbocycles. The average Bonchev–Trinajstić information content (AvgIpc) is 3.63. The Kier molecular flexibility index (Phi) is 7.86. The summed E-state index contributed by atoms with van der Waals surface area (Å²) in [5.41, 5.74) is -0.452. The van der Waals surface area contributed by atoms with Crippen LogP contribution in [0.3, 0.4) is 0 Å². The summed E-state index contributed by atoms with van der Waals surface area (Å²) >= 11 is 0. The molecule has 5 rings (SSSR count). The van der Waals surface area contributed by atoms with Gasteiger partial charge in [0.2, 0.25) is 6.29 Å². The maximum atomic E-state index is 12.8. The van der Waals surface area contributed by atoms with Crippen molar-refractivity contribution >= 4 is 12.0 Å². The van der Waals surface area contributed by atoms with E-state index >= 15 is 0 Å². The Bertz CT molecular complexity index is 1110. The van der Waals surface area contributed by atoms with Crippen molar-refractivity contribution in [3.63, 3.8) is 0 Å². The Morgan fingerprint density at radius 3 is 2.51 bits per heavy atom. The molecule has 8 unspecified atom stereocenters. The molecule has 3 aliphatic heterocycles. The molecule has 3 heterocycles. The Morgan fingerprint density at radius 1 is 1.05 bits per heavy atom. The summed E-state index contributed by atoms with van der Waals surface area (Å²) in [5.74, 6) is -0.727. The van der Waals surface area contributed by atoms with Crippen molar-refractivity contribution in [3.8, 4) is 11.5 Å². The van der Waals surface area contributed by atoms with E-state index in [9.17, 15) is 30.3 Å². The molecule has 0 amide bonds. The van der Waals surface area contributed by atoms with Crippen molar-refractivity contribution < 1.29 is 63.5 Å². The highest BCUT2D eigenvalue weighted by Gasteiger charge is 2.77. The van der Waals surface area contributed by atoms with Crippen molar-refractivity contribution in [2.24, 2.45) is 11.8 Å². The average molecular weight is 553 g/mol. The smallest absolute Gasteiger partial charge is 0.331 e. The second-order valence-electron chi connectivity index (χ2n) is 9.77. The molecule has 0 spiro atoms. The van der Waals surface area contributed by atoms with Crippen molar-refractivity contribution in [2.75, 3.05) is 27.4 Å². The third-order valence-electron chi connectivity index (χ3n) is 7.67. The fraction of sp³-hybridized carbons (Fsp3) is 0.577. The van der Waals surface area contributed by atoms with Crippen LogP contribution in [-0.2, 0) is 28.5 Å². The quantitative estimate of drug-likeness (QED) is 0.138. The highest BCUT2D eigenvalue weighted by Crippen LogP contribution is 2.60. The van der Waals surface area contributed by atoms with Crippen LogP contribution in [0.5, 0.6) is 11.5 Å². The maximum absolute atomic E-state index is 12.8. The van der Waals surface area contributed by atoms with Gasteiger partial charge in [0.05, 0.1) is 39.6 Å². The number of hydrogen-bond donors (Lipinski definition) is 5. The highest BCUT2D eigenvalue weighted by atomic mass is 16.8. The molecule has 11 atom stereocenters. The standard InChI is InChI=1S/C26H32O13/c1-33-14-5-3-12(9-15(14)34-2)4-6-17(29)37-22-13-7-8-35-24(18(13)26(11-28)23(22)39-26)38-25-21(32)20(31)19(30)16(10-27)36-25/h3-9,13,16,18-25,27-28,30-32H,10-11H2,1-2H3/t13-,16?,18-,19?,20?,21?,22?,23?,24?,25?,26+/m0/s1. The Balaban J connectivity index is 1.29. The van der Waals surface area contributed by atoms with Gasteiger partial charge < -0.3 is 58.7 Å². The molecule has 1 aromatic rings. The monoisotopic (exact) mass is 552 g/mol. The molecular formula is C26H32O13. The Labute approximate surface area is 223 Å². The van der Waals surface area contributed by atoms with Crippen molar-refractivity contribution in [1.82, 2.24) is 0 Å². The molecule has 3 fully saturated rings. The first-order valence-corrected chi connectivity index (χ1v) is 12.5. The van der Waals surface area contributed by atoms with Gasteiger partial charge in [-0.2, -0.15) is 0 Å². The van der Waals surface area contributed by atoms with Crippen LogP contribution in [0.15, 0.2) is 36.6 Å². The largest absolute Gasteiger partial charge is 0.493 e. The maximum Gasteiger partial charge on any atom is 0.331 e. The van der Waals surface area contributed by atoms with E-state index in [0.717, 1.165) is 0 Å². The number of rotatable bonds is 9. The Morgan fingerprint density at radius 2 is 1.82 bits per heavy atom. The minimum absolute atomic E-state index is 0.417. The molecule has 39 heavy (non-hydrogen) atoms. The first-order chi connectivity index (χ1) is 18.8. The second kappa shape index (κ2) is 11.0. The zero-order valence-electron chi connectivity index (χ0n) is 21.2. The second-order valence-corrected chi connectivity index (χ2v) is 9.77. The summed E-state index contributed by atoms with van der Waals surface area (Å²) in [6.07, 6.45) is -4.14. The zero-order valence-corrected chi connectivity index (χ0v) is 21.2. The van der Waals surface area contributed by atoms with Gasteiger partial charge in [-0.05, 0) is 29.8 Å². The van der Waals surface area contributed by atoms with Gasteiger partial charge in [-0.15, -0.1) is 0 Å². The number of aliphatic hydroxyl groups excluding tert-OH is 5. The summed E-state index contributed by atoms with van der Waals surface area (Å²) in [5, 5.41) is 50.2. The zero-order chi connectivity index (χ0) is 27.9. The van der Waals surface area contributed by atoms with Crippen LogP contribution in [0, 0.1) is 11.8 Å². The van der Waals surface area contributed by atoms with Crippen LogP contribution >= 0.6 is 0 Å². The lowest BCUT2D eigenvalue weighted by molar-refractivity contribution is -0.344. The molecule has 0 aromatic heterocycles. The van der Waals surface area contributed by atoms with Crippen LogP contribution in [0.25, 0.3) is 6.08 Å². The number of esters is 1. The molecule has 2 saturated heterocycles. The van der Waals surface area contributed by atoms with Crippen LogP contribution in [0.2, 0.25) is 0 Å². The van der Waals surface area contributed by atoms with E-state index in [-0.39, 0.29) is 0 Å². The predicted octanol–water partition coefficient (Wildman–Crippen LogP) is -1.31. The normalized spacial score (nSPS) is 40.5. The molecule has 214 valence electrons. The van der Waals surface area contributed by atoms with Gasteiger partial charge in [-0.1, -0.05) is 6.07 Å². The number of fused-ring (bicyclic) bond motifs is 3. The number of ether oxygens (including phenoxy) is 7. The van der Waals surface area contributed by atoms with Crippen LogP contribution in [0.1, 0.15) is 5.56 Å². The lowest BCUT2D eigenvalue weighted by atomic mass is 9.85. The first kappa shape index (κ1) is 27.8. The van der Waals surface area contributed by atoms with Crippen LogP contribution < -0.4 is 9.47 Å². The van der Waals surface area contributed by atoms with Crippen LogP contribution in [0.4, 0.5) is 0 Å². The molecule has 13 nitrogen and oxygen atoms in total. The number of benzene rings is 1. The number of carbonyl (C=O) groups excluding carboxylic acids is 1. The van der Waals surface area contributed by atoms with E-state index in [0.29, 0.717) is 17.1 Å². The van der Waals surface area contributed by atoms with E-state index in [1.54, 1.807) is 30.4 Å². The number of aliphatic hydroxyl groups is 5. The van der Waals surface area contributed by atoms with E-state index in [4.69, 9.17) is 33.2 Å². The fourth-order valence-electron chi connectivity index (χ4n) is 5.58. The molecule has 5 N–H and O–H groups in total. The molecule has 1 saturated carbocycles. The van der Waals surface area contributed by atoms with Gasteiger partial charge in [0.1, 0.15) is 42.2 Å². The predicted molar refractivity (Wildman–Crippen MR) is 129 cm³/mol. The highest BCUT2D eigenvalue weighted by molar-refractivity contribution is 5.87. The first-order valence-electron chi connectivity index (χ1n) is 12.5. The minimum atomic E-state index is -1.64. The van der Waals surface area contributed by atoms with Crippen molar-refractivity contribution in [3.05, 3.63) is 42.2 Å². The lowest BCUT2D eigenvalue weighted by Gasteiger charge is -2.43. The van der Waals surface area contributed by atoms with Gasteiger partial charge in [-0.25, -0.2) is 4.79 Å².